The van der Waals surface area contributed by atoms with E-state index in [0.717, 1.165) is 19.4 Å². The number of hydrogen-bond acceptors (Lipinski definition) is 5. The molecule has 1 saturated heterocycles. The fourth-order valence-electron chi connectivity index (χ4n) is 1.70. The summed E-state index contributed by atoms with van der Waals surface area (Å²) in [6.07, 6.45) is 2.03. The summed E-state index contributed by atoms with van der Waals surface area (Å²) in [6.45, 7) is 3.52. The van der Waals surface area contributed by atoms with Crippen LogP contribution in [-0.4, -0.2) is 41.0 Å². The van der Waals surface area contributed by atoms with E-state index in [0.29, 0.717) is 19.0 Å². The molecule has 1 aliphatic heterocycles. The zero-order valence-electron chi connectivity index (χ0n) is 9.23. The van der Waals surface area contributed by atoms with E-state index in [2.05, 4.69) is 15.2 Å². The van der Waals surface area contributed by atoms with Gasteiger partial charge >= 0.3 is 5.97 Å². The van der Waals surface area contributed by atoms with Gasteiger partial charge in [0.15, 0.2) is 0 Å². The van der Waals surface area contributed by atoms with Crippen LogP contribution in [0.3, 0.4) is 0 Å². The normalized spacial score (nSPS) is 20.7. The van der Waals surface area contributed by atoms with Crippen molar-refractivity contribution in [1.82, 2.24) is 15.2 Å². The van der Waals surface area contributed by atoms with Gasteiger partial charge in [0.25, 0.3) is 5.82 Å². The number of carbonyl (C=O) groups is 1. The molecule has 1 unspecified atom stereocenters. The molecule has 1 fully saturated rings. The minimum absolute atomic E-state index is 0.0995. The molecule has 1 aliphatic rings. The minimum atomic E-state index is -0.485. The smallest absolute Gasteiger partial charge is 0.378 e. The van der Waals surface area contributed by atoms with Gasteiger partial charge in [-0.3, -0.25) is 5.10 Å². The molecular weight excluding hydrogens is 210 g/mol. The van der Waals surface area contributed by atoms with Gasteiger partial charge in [-0.05, 0) is 19.8 Å². The number of nitrogens with one attached hydrogen (secondary N) is 1. The standard InChI is InChI=1S/C10H15N3O3/c1-2-16-10(14)9-11-8(12-13-9)7-4-3-5-15-6-7/h7H,2-6H2,1H3,(H,11,12,13). The Labute approximate surface area is 93.4 Å². The summed E-state index contributed by atoms with van der Waals surface area (Å²) < 4.78 is 10.2. The first-order valence-electron chi connectivity index (χ1n) is 5.48. The van der Waals surface area contributed by atoms with Gasteiger partial charge < -0.3 is 9.47 Å². The summed E-state index contributed by atoms with van der Waals surface area (Å²) in [6, 6.07) is 0. The molecule has 6 nitrogen and oxygen atoms in total. The van der Waals surface area contributed by atoms with Crippen molar-refractivity contribution in [2.45, 2.75) is 25.7 Å². The number of nitrogens with zero attached hydrogens (tertiary/aromatic N) is 2. The van der Waals surface area contributed by atoms with Crippen LogP contribution < -0.4 is 0 Å². The van der Waals surface area contributed by atoms with E-state index in [9.17, 15) is 4.79 Å². The highest BCUT2D eigenvalue weighted by molar-refractivity contribution is 5.84. The van der Waals surface area contributed by atoms with Gasteiger partial charge in [0.1, 0.15) is 5.82 Å². The van der Waals surface area contributed by atoms with E-state index >= 15 is 0 Å². The predicted octanol–water partition coefficient (Wildman–Crippen LogP) is 0.875. The zero-order chi connectivity index (χ0) is 11.4. The fraction of sp³-hybridized carbons (Fsp3) is 0.700. The number of rotatable bonds is 3. The Morgan fingerprint density at radius 3 is 3.25 bits per heavy atom. The molecule has 1 N–H and O–H groups in total. The van der Waals surface area contributed by atoms with Crippen molar-refractivity contribution >= 4 is 5.97 Å². The molecule has 0 saturated carbocycles. The van der Waals surface area contributed by atoms with E-state index in [1.54, 1.807) is 6.92 Å². The summed E-state index contributed by atoms with van der Waals surface area (Å²) >= 11 is 0. The Morgan fingerprint density at radius 1 is 1.69 bits per heavy atom. The number of carbonyl (C=O) groups excluding carboxylic acids is 1. The third-order valence-corrected chi connectivity index (χ3v) is 2.51. The second-order valence-electron chi connectivity index (χ2n) is 3.68. The van der Waals surface area contributed by atoms with Gasteiger partial charge in [-0.1, -0.05) is 0 Å². The van der Waals surface area contributed by atoms with E-state index in [-0.39, 0.29) is 11.7 Å². The molecule has 0 spiro atoms. The molecule has 1 atom stereocenters. The average Bonchev–Trinajstić information content (AvgIpc) is 2.80. The van der Waals surface area contributed by atoms with E-state index in [1.165, 1.54) is 0 Å². The molecule has 2 rings (SSSR count). The van der Waals surface area contributed by atoms with Crippen LogP contribution in [0.1, 0.15) is 42.1 Å². The Kier molecular flexibility index (Phi) is 3.51. The monoisotopic (exact) mass is 225 g/mol. The van der Waals surface area contributed by atoms with Crippen molar-refractivity contribution in [3.8, 4) is 0 Å². The van der Waals surface area contributed by atoms with Crippen molar-refractivity contribution < 1.29 is 14.3 Å². The van der Waals surface area contributed by atoms with Crippen LogP contribution in [0.15, 0.2) is 0 Å². The number of aromatic amines is 1. The Bertz CT molecular complexity index is 358. The highest BCUT2D eigenvalue weighted by atomic mass is 16.5. The van der Waals surface area contributed by atoms with Gasteiger partial charge in [0.05, 0.1) is 13.2 Å². The van der Waals surface area contributed by atoms with Crippen molar-refractivity contribution in [3.05, 3.63) is 11.6 Å². The second kappa shape index (κ2) is 5.07. The van der Waals surface area contributed by atoms with E-state index < -0.39 is 5.97 Å². The van der Waals surface area contributed by atoms with Crippen LogP contribution in [0, 0.1) is 0 Å². The van der Waals surface area contributed by atoms with Gasteiger partial charge in [0, 0.05) is 12.5 Å². The van der Waals surface area contributed by atoms with E-state index in [4.69, 9.17) is 9.47 Å². The van der Waals surface area contributed by atoms with Crippen molar-refractivity contribution in [1.29, 1.82) is 0 Å². The average molecular weight is 225 g/mol. The summed E-state index contributed by atoms with van der Waals surface area (Å²) in [5.74, 6) is 0.538. The molecule has 0 amide bonds. The first-order valence-corrected chi connectivity index (χ1v) is 5.48. The van der Waals surface area contributed by atoms with E-state index in [1.807, 2.05) is 0 Å². The van der Waals surface area contributed by atoms with Gasteiger partial charge in [-0.15, -0.1) is 5.10 Å². The highest BCUT2D eigenvalue weighted by Crippen LogP contribution is 2.22. The molecule has 6 heteroatoms. The molecule has 0 aliphatic carbocycles. The molecule has 2 heterocycles. The number of ether oxygens (including phenoxy) is 2. The van der Waals surface area contributed by atoms with Crippen LogP contribution >= 0.6 is 0 Å². The summed E-state index contributed by atoms with van der Waals surface area (Å²) in [5, 5.41) is 6.62. The Hall–Kier alpha value is -1.43. The largest absolute Gasteiger partial charge is 0.460 e. The fourth-order valence-corrected chi connectivity index (χ4v) is 1.70. The maximum absolute atomic E-state index is 11.3. The van der Waals surface area contributed by atoms with Crippen molar-refractivity contribution in [2.75, 3.05) is 19.8 Å². The zero-order valence-corrected chi connectivity index (χ0v) is 9.23. The SMILES string of the molecule is CCOC(=O)c1n[nH]c(C2CCCOC2)n1. The molecule has 0 aromatic carbocycles. The summed E-state index contributed by atoms with van der Waals surface area (Å²) in [5.41, 5.74) is 0. The lowest BCUT2D eigenvalue weighted by Gasteiger charge is -2.19. The third kappa shape index (κ3) is 2.38. The van der Waals surface area contributed by atoms with Crippen molar-refractivity contribution in [3.63, 3.8) is 0 Å². The topological polar surface area (TPSA) is 77.1 Å². The quantitative estimate of drug-likeness (QED) is 0.772. The molecule has 1 aromatic rings. The Balaban J connectivity index is 2.03. The second-order valence-corrected chi connectivity index (χ2v) is 3.68. The first-order chi connectivity index (χ1) is 7.81. The number of hydrogen-bond donors (Lipinski definition) is 1. The predicted molar refractivity (Wildman–Crippen MR) is 55.1 cm³/mol. The molecular formula is C10H15N3O3. The number of esters is 1. The van der Waals surface area contributed by atoms with Gasteiger partial charge in [0.2, 0.25) is 0 Å². The maximum Gasteiger partial charge on any atom is 0.378 e. The maximum atomic E-state index is 11.3. The summed E-state index contributed by atoms with van der Waals surface area (Å²) in [4.78, 5) is 15.5. The van der Waals surface area contributed by atoms with Crippen LogP contribution in [-0.2, 0) is 9.47 Å². The van der Waals surface area contributed by atoms with Gasteiger partial charge in [-0.25, -0.2) is 9.78 Å². The highest BCUT2D eigenvalue weighted by Gasteiger charge is 2.22. The lowest BCUT2D eigenvalue weighted by molar-refractivity contribution is 0.0511. The van der Waals surface area contributed by atoms with Gasteiger partial charge in [-0.2, -0.15) is 0 Å². The van der Waals surface area contributed by atoms with Crippen LogP contribution in [0.25, 0.3) is 0 Å². The van der Waals surface area contributed by atoms with Crippen LogP contribution in [0.2, 0.25) is 0 Å². The van der Waals surface area contributed by atoms with Crippen LogP contribution in [0.5, 0.6) is 0 Å². The molecule has 16 heavy (non-hydrogen) atoms. The first kappa shape index (κ1) is 11.1. The number of aromatic nitrogens is 3. The van der Waals surface area contributed by atoms with Crippen molar-refractivity contribution in [2.24, 2.45) is 0 Å². The molecule has 1 aromatic heterocycles. The van der Waals surface area contributed by atoms with Crippen LogP contribution in [0.4, 0.5) is 0 Å². The minimum Gasteiger partial charge on any atom is -0.460 e. The molecule has 88 valence electrons. The molecule has 0 radical (unpaired) electrons. The molecule has 0 bridgehead atoms. The lowest BCUT2D eigenvalue weighted by Crippen LogP contribution is -2.16. The Morgan fingerprint density at radius 2 is 2.56 bits per heavy atom. The number of H-pyrrole nitrogens is 1. The lowest BCUT2D eigenvalue weighted by atomic mass is 10.0. The third-order valence-electron chi connectivity index (χ3n) is 2.51. The summed E-state index contributed by atoms with van der Waals surface area (Å²) in [7, 11) is 0.